The van der Waals surface area contributed by atoms with Crippen molar-refractivity contribution < 1.29 is 4.79 Å². The fourth-order valence-corrected chi connectivity index (χ4v) is 3.33. The van der Waals surface area contributed by atoms with Gasteiger partial charge >= 0.3 is 6.03 Å². The highest BCUT2D eigenvalue weighted by Gasteiger charge is 2.25. The Morgan fingerprint density at radius 1 is 0.957 bits per heavy atom. The van der Waals surface area contributed by atoms with E-state index in [4.69, 9.17) is 0 Å². The highest BCUT2D eigenvalue weighted by molar-refractivity contribution is 5.75. The summed E-state index contributed by atoms with van der Waals surface area (Å²) in [6.45, 7) is 0.751. The standard InChI is InChI=1S/C20H24N2O/c1-22-19(17-12-4-2-5-13-17)18-14-8-7-11-16(18)10-6-3-9-15-21-20(22)23/h2,4-5,7-8,11-14,19H,3,6,9-10,15H2,1H3,(H,21,23). The van der Waals surface area contributed by atoms with Gasteiger partial charge in [-0.3, -0.25) is 0 Å². The van der Waals surface area contributed by atoms with Crippen LogP contribution in [-0.4, -0.2) is 24.5 Å². The largest absolute Gasteiger partial charge is 0.338 e. The third-order valence-electron chi connectivity index (χ3n) is 4.57. The molecule has 0 bridgehead atoms. The monoisotopic (exact) mass is 308 g/mol. The van der Waals surface area contributed by atoms with Gasteiger partial charge in [0.05, 0.1) is 6.04 Å². The van der Waals surface area contributed by atoms with Crippen LogP contribution in [0, 0.1) is 0 Å². The van der Waals surface area contributed by atoms with E-state index in [1.54, 1.807) is 0 Å². The van der Waals surface area contributed by atoms with Gasteiger partial charge in [0.1, 0.15) is 0 Å². The summed E-state index contributed by atoms with van der Waals surface area (Å²) < 4.78 is 0. The number of urea groups is 1. The number of nitrogens with zero attached hydrogens (tertiary/aromatic N) is 1. The van der Waals surface area contributed by atoms with Crippen LogP contribution in [0.25, 0.3) is 0 Å². The second-order valence-electron chi connectivity index (χ2n) is 6.17. The van der Waals surface area contributed by atoms with E-state index in [2.05, 4.69) is 41.7 Å². The number of carbonyl (C=O) groups is 1. The molecule has 1 aliphatic heterocycles. The lowest BCUT2D eigenvalue weighted by Gasteiger charge is -2.30. The summed E-state index contributed by atoms with van der Waals surface area (Å²) in [5.74, 6) is 0. The molecule has 2 aromatic carbocycles. The second-order valence-corrected chi connectivity index (χ2v) is 6.17. The molecule has 1 heterocycles. The Balaban J connectivity index is 2.08. The molecule has 120 valence electrons. The number of nitrogens with one attached hydrogen (secondary N) is 1. The number of benzene rings is 2. The van der Waals surface area contributed by atoms with Crippen molar-refractivity contribution in [3.63, 3.8) is 0 Å². The van der Waals surface area contributed by atoms with Gasteiger partial charge in [-0.25, -0.2) is 4.79 Å². The first-order valence-corrected chi connectivity index (χ1v) is 8.41. The summed E-state index contributed by atoms with van der Waals surface area (Å²) in [7, 11) is 1.89. The van der Waals surface area contributed by atoms with E-state index >= 15 is 0 Å². The molecule has 0 aromatic heterocycles. The first kappa shape index (κ1) is 15.6. The Hall–Kier alpha value is -2.29. The molecule has 3 rings (SSSR count). The van der Waals surface area contributed by atoms with Crippen LogP contribution in [0.15, 0.2) is 54.6 Å². The van der Waals surface area contributed by atoms with Gasteiger partial charge in [-0.05, 0) is 36.0 Å². The number of amides is 2. The predicted molar refractivity (Wildman–Crippen MR) is 93.4 cm³/mol. The Labute approximate surface area is 138 Å². The lowest BCUT2D eigenvalue weighted by molar-refractivity contribution is 0.198. The van der Waals surface area contributed by atoms with Gasteiger partial charge < -0.3 is 10.2 Å². The second kappa shape index (κ2) is 7.32. The summed E-state index contributed by atoms with van der Waals surface area (Å²) in [6, 6.07) is 18.8. The highest BCUT2D eigenvalue weighted by atomic mass is 16.2. The average molecular weight is 308 g/mol. The van der Waals surface area contributed by atoms with Gasteiger partial charge in [0, 0.05) is 13.6 Å². The van der Waals surface area contributed by atoms with Crippen LogP contribution in [0.2, 0.25) is 0 Å². The quantitative estimate of drug-likeness (QED) is 0.843. The normalized spacial score (nSPS) is 19.4. The van der Waals surface area contributed by atoms with Gasteiger partial charge in [0.2, 0.25) is 0 Å². The van der Waals surface area contributed by atoms with Crippen molar-refractivity contribution in [2.45, 2.75) is 31.7 Å². The van der Waals surface area contributed by atoms with Gasteiger partial charge in [-0.15, -0.1) is 0 Å². The summed E-state index contributed by atoms with van der Waals surface area (Å²) in [4.78, 5) is 14.4. The first-order valence-electron chi connectivity index (χ1n) is 8.41. The van der Waals surface area contributed by atoms with E-state index in [1.807, 2.05) is 30.1 Å². The fraction of sp³-hybridized carbons (Fsp3) is 0.350. The average Bonchev–Trinajstić information content (AvgIpc) is 2.61. The van der Waals surface area contributed by atoms with E-state index in [9.17, 15) is 4.79 Å². The summed E-state index contributed by atoms with van der Waals surface area (Å²) in [5.41, 5.74) is 3.73. The Kier molecular flexibility index (Phi) is 4.96. The maximum absolute atomic E-state index is 12.6. The SMILES string of the molecule is CN1C(=O)NCCCCCc2ccccc2C1c1ccccc1. The number of aryl methyl sites for hydroxylation is 1. The van der Waals surface area contributed by atoms with Crippen molar-refractivity contribution in [2.24, 2.45) is 0 Å². The minimum atomic E-state index is -0.0505. The van der Waals surface area contributed by atoms with Crippen molar-refractivity contribution in [1.29, 1.82) is 0 Å². The van der Waals surface area contributed by atoms with Crippen LogP contribution in [0.4, 0.5) is 4.79 Å². The number of rotatable bonds is 1. The molecule has 0 spiro atoms. The van der Waals surface area contributed by atoms with Crippen LogP contribution in [0.5, 0.6) is 0 Å². The molecule has 23 heavy (non-hydrogen) atoms. The molecule has 0 aliphatic carbocycles. The summed E-state index contributed by atoms with van der Waals surface area (Å²) in [5, 5.41) is 3.05. The third-order valence-corrected chi connectivity index (χ3v) is 4.57. The predicted octanol–water partition coefficient (Wildman–Crippen LogP) is 4.14. The van der Waals surface area contributed by atoms with Gasteiger partial charge in [0.25, 0.3) is 0 Å². The number of hydrogen-bond acceptors (Lipinski definition) is 1. The van der Waals surface area contributed by atoms with E-state index in [1.165, 1.54) is 11.1 Å². The van der Waals surface area contributed by atoms with Crippen LogP contribution in [0.3, 0.4) is 0 Å². The third kappa shape index (κ3) is 3.55. The smallest absolute Gasteiger partial charge is 0.317 e. The van der Waals surface area contributed by atoms with E-state index in [-0.39, 0.29) is 12.1 Å². The van der Waals surface area contributed by atoms with E-state index < -0.39 is 0 Å². The maximum atomic E-state index is 12.6. The highest BCUT2D eigenvalue weighted by Crippen LogP contribution is 2.31. The minimum absolute atomic E-state index is 0.00411. The van der Waals surface area contributed by atoms with Gasteiger partial charge in [-0.2, -0.15) is 0 Å². The summed E-state index contributed by atoms with van der Waals surface area (Å²) >= 11 is 0. The Bertz CT molecular complexity index is 654. The van der Waals surface area contributed by atoms with Gasteiger partial charge in [0.15, 0.2) is 0 Å². The molecule has 0 saturated carbocycles. The molecular weight excluding hydrogens is 284 g/mol. The molecular formula is C20H24N2O. The van der Waals surface area contributed by atoms with Crippen LogP contribution >= 0.6 is 0 Å². The molecule has 2 aromatic rings. The number of hydrogen-bond donors (Lipinski definition) is 1. The summed E-state index contributed by atoms with van der Waals surface area (Å²) in [6.07, 6.45) is 4.42. The molecule has 1 unspecified atom stereocenters. The van der Waals surface area contributed by atoms with Crippen molar-refractivity contribution in [2.75, 3.05) is 13.6 Å². The zero-order valence-electron chi connectivity index (χ0n) is 13.7. The van der Waals surface area contributed by atoms with Crippen LogP contribution in [0.1, 0.15) is 42.0 Å². The van der Waals surface area contributed by atoms with Gasteiger partial charge in [-0.1, -0.05) is 61.0 Å². The first-order chi connectivity index (χ1) is 11.3. The van der Waals surface area contributed by atoms with Crippen LogP contribution < -0.4 is 5.32 Å². The van der Waals surface area contributed by atoms with Crippen molar-refractivity contribution in [3.05, 3.63) is 71.3 Å². The van der Waals surface area contributed by atoms with E-state index in [0.717, 1.165) is 37.8 Å². The molecule has 0 radical (unpaired) electrons. The molecule has 3 heteroatoms. The van der Waals surface area contributed by atoms with Crippen molar-refractivity contribution >= 4 is 6.03 Å². The van der Waals surface area contributed by atoms with Crippen molar-refractivity contribution in [1.82, 2.24) is 10.2 Å². The number of carbonyl (C=O) groups excluding carboxylic acids is 1. The van der Waals surface area contributed by atoms with Crippen LogP contribution in [-0.2, 0) is 6.42 Å². The molecule has 3 nitrogen and oxygen atoms in total. The topological polar surface area (TPSA) is 32.3 Å². The Morgan fingerprint density at radius 2 is 1.70 bits per heavy atom. The van der Waals surface area contributed by atoms with Crippen molar-refractivity contribution in [3.8, 4) is 0 Å². The zero-order valence-corrected chi connectivity index (χ0v) is 13.7. The molecule has 1 N–H and O–H groups in total. The fourth-order valence-electron chi connectivity index (χ4n) is 3.33. The molecule has 1 aliphatic rings. The molecule has 0 fully saturated rings. The minimum Gasteiger partial charge on any atom is -0.338 e. The zero-order chi connectivity index (χ0) is 16.1. The molecule has 2 amide bonds. The lowest BCUT2D eigenvalue weighted by atomic mass is 9.91. The van der Waals surface area contributed by atoms with E-state index in [0.29, 0.717) is 0 Å². The Morgan fingerprint density at radius 3 is 2.52 bits per heavy atom. The maximum Gasteiger partial charge on any atom is 0.317 e. The number of fused-ring (bicyclic) bond motifs is 1. The molecule has 0 saturated heterocycles. The lowest BCUT2D eigenvalue weighted by Crippen LogP contribution is -2.40. The molecule has 1 atom stereocenters.